The maximum Gasteiger partial charge on any atom is 0.223 e. The molecule has 2 aliphatic rings. The lowest BCUT2D eigenvalue weighted by Gasteiger charge is -2.39. The van der Waals surface area contributed by atoms with Gasteiger partial charge in [0.05, 0.1) is 6.10 Å². The Morgan fingerprint density at radius 2 is 2.05 bits per heavy atom. The van der Waals surface area contributed by atoms with Crippen molar-refractivity contribution in [3.8, 4) is 0 Å². The monoisotopic (exact) mass is 274 g/mol. The predicted octanol–water partition coefficient (Wildman–Crippen LogP) is 1.94. The van der Waals surface area contributed by atoms with Crippen LogP contribution in [-0.2, 0) is 4.79 Å². The second-order valence-electron chi connectivity index (χ2n) is 5.74. The van der Waals surface area contributed by atoms with Crippen LogP contribution in [0.4, 0.5) is 5.69 Å². The number of benzene rings is 1. The second kappa shape index (κ2) is 5.44. The first-order valence-corrected chi connectivity index (χ1v) is 7.51. The van der Waals surface area contributed by atoms with Gasteiger partial charge in [-0.05, 0) is 30.5 Å². The highest BCUT2D eigenvalue weighted by Crippen LogP contribution is 2.27. The van der Waals surface area contributed by atoms with Crippen LogP contribution in [0.15, 0.2) is 24.3 Å². The summed E-state index contributed by atoms with van der Waals surface area (Å²) in [7, 11) is 0. The quantitative estimate of drug-likeness (QED) is 0.916. The summed E-state index contributed by atoms with van der Waals surface area (Å²) < 4.78 is 0. The molecule has 3 rings (SSSR count). The Bertz CT molecular complexity index is 486. The fourth-order valence-corrected chi connectivity index (χ4v) is 3.24. The third-order valence-electron chi connectivity index (χ3n) is 4.52. The first-order valence-electron chi connectivity index (χ1n) is 7.51. The van der Waals surface area contributed by atoms with Gasteiger partial charge in [0.15, 0.2) is 0 Å². The van der Waals surface area contributed by atoms with Crippen molar-refractivity contribution in [1.29, 1.82) is 0 Å². The van der Waals surface area contributed by atoms with Gasteiger partial charge < -0.3 is 14.9 Å². The first-order chi connectivity index (χ1) is 9.69. The highest BCUT2D eigenvalue weighted by atomic mass is 16.3. The second-order valence-corrected chi connectivity index (χ2v) is 5.74. The van der Waals surface area contributed by atoms with Crippen molar-refractivity contribution >= 4 is 11.6 Å². The van der Waals surface area contributed by atoms with Crippen LogP contribution in [0.1, 0.15) is 37.9 Å². The largest absolute Gasteiger partial charge is 0.388 e. The summed E-state index contributed by atoms with van der Waals surface area (Å²) in [5.41, 5.74) is 2.17. The molecule has 108 valence electrons. The standard InChI is InChI=1S/C16H22N2O2/c1-2-15(19)12-3-5-13(6-4-12)17-9-10-18-14(11-17)7-8-16(18)20/h3-6,14-15,19H,2,7-11H2,1H3/t14?,15-/m0/s1. The van der Waals surface area contributed by atoms with Gasteiger partial charge in [0.1, 0.15) is 0 Å². The minimum absolute atomic E-state index is 0.316. The van der Waals surface area contributed by atoms with Crippen molar-refractivity contribution in [2.75, 3.05) is 24.5 Å². The van der Waals surface area contributed by atoms with E-state index in [1.54, 1.807) is 0 Å². The Balaban J connectivity index is 1.69. The number of amides is 1. The van der Waals surface area contributed by atoms with Gasteiger partial charge in [0.25, 0.3) is 0 Å². The third kappa shape index (κ3) is 2.40. The molecular formula is C16H22N2O2. The summed E-state index contributed by atoms with van der Waals surface area (Å²) in [6.07, 6.45) is 2.07. The maximum atomic E-state index is 11.7. The zero-order valence-electron chi connectivity index (χ0n) is 12.0. The number of hydrogen-bond acceptors (Lipinski definition) is 3. The zero-order chi connectivity index (χ0) is 14.1. The molecule has 2 aliphatic heterocycles. The molecule has 2 saturated heterocycles. The number of nitrogens with zero attached hydrogens (tertiary/aromatic N) is 2. The van der Waals surface area contributed by atoms with Crippen molar-refractivity contribution in [3.05, 3.63) is 29.8 Å². The van der Waals surface area contributed by atoms with Crippen molar-refractivity contribution in [2.45, 2.75) is 38.3 Å². The van der Waals surface area contributed by atoms with Crippen LogP contribution in [0.25, 0.3) is 0 Å². The molecule has 0 saturated carbocycles. The number of piperazine rings is 1. The van der Waals surface area contributed by atoms with Crippen LogP contribution in [0.2, 0.25) is 0 Å². The summed E-state index contributed by atoms with van der Waals surface area (Å²) in [5.74, 6) is 0.316. The molecule has 0 radical (unpaired) electrons. The molecule has 0 aromatic heterocycles. The molecule has 1 unspecified atom stereocenters. The number of rotatable bonds is 3. The number of fused-ring (bicyclic) bond motifs is 1. The van der Waals surface area contributed by atoms with Gasteiger partial charge in [-0.3, -0.25) is 4.79 Å². The van der Waals surface area contributed by atoms with Crippen molar-refractivity contribution in [3.63, 3.8) is 0 Å². The molecule has 4 heteroatoms. The van der Waals surface area contributed by atoms with Crippen molar-refractivity contribution in [2.24, 2.45) is 0 Å². The van der Waals surface area contributed by atoms with E-state index in [1.165, 1.54) is 5.69 Å². The van der Waals surface area contributed by atoms with Gasteiger partial charge >= 0.3 is 0 Å². The highest BCUT2D eigenvalue weighted by Gasteiger charge is 2.35. The molecule has 2 fully saturated rings. The first kappa shape index (κ1) is 13.4. The minimum Gasteiger partial charge on any atom is -0.388 e. The number of carbonyl (C=O) groups excluding carboxylic acids is 1. The van der Waals surface area contributed by atoms with E-state index in [2.05, 4.69) is 17.0 Å². The number of aliphatic hydroxyl groups is 1. The molecule has 20 heavy (non-hydrogen) atoms. The van der Waals surface area contributed by atoms with E-state index in [4.69, 9.17) is 0 Å². The lowest BCUT2D eigenvalue weighted by Crippen LogP contribution is -2.51. The van der Waals surface area contributed by atoms with Gasteiger partial charge in [-0.1, -0.05) is 19.1 Å². The lowest BCUT2D eigenvalue weighted by atomic mass is 10.1. The highest BCUT2D eigenvalue weighted by molar-refractivity contribution is 5.79. The Morgan fingerprint density at radius 3 is 2.75 bits per heavy atom. The Kier molecular flexibility index (Phi) is 3.66. The average Bonchev–Trinajstić information content (AvgIpc) is 2.87. The predicted molar refractivity (Wildman–Crippen MR) is 78.6 cm³/mol. The van der Waals surface area contributed by atoms with Gasteiger partial charge in [-0.25, -0.2) is 0 Å². The van der Waals surface area contributed by atoms with Crippen molar-refractivity contribution < 1.29 is 9.90 Å². The molecule has 1 amide bonds. The topological polar surface area (TPSA) is 43.8 Å². The third-order valence-corrected chi connectivity index (χ3v) is 4.52. The van der Waals surface area contributed by atoms with Gasteiger partial charge in [-0.15, -0.1) is 0 Å². The maximum absolute atomic E-state index is 11.7. The minimum atomic E-state index is -0.367. The van der Waals surface area contributed by atoms with Crippen LogP contribution in [0.3, 0.4) is 0 Å². The number of aliphatic hydroxyl groups excluding tert-OH is 1. The fraction of sp³-hybridized carbons (Fsp3) is 0.562. The van der Waals surface area contributed by atoms with Gasteiger partial charge in [0.2, 0.25) is 5.91 Å². The summed E-state index contributed by atoms with van der Waals surface area (Å²) in [4.78, 5) is 16.1. The fourth-order valence-electron chi connectivity index (χ4n) is 3.24. The number of carbonyl (C=O) groups is 1. The summed E-state index contributed by atoms with van der Waals surface area (Å²) in [6.45, 7) is 4.65. The van der Waals surface area contributed by atoms with Gasteiger partial charge in [0, 0.05) is 37.8 Å². The van der Waals surface area contributed by atoms with E-state index in [0.717, 1.165) is 38.0 Å². The lowest BCUT2D eigenvalue weighted by molar-refractivity contribution is -0.129. The summed E-state index contributed by atoms with van der Waals surface area (Å²) >= 11 is 0. The molecule has 1 aromatic rings. The molecule has 0 bridgehead atoms. The smallest absolute Gasteiger partial charge is 0.223 e. The van der Waals surface area contributed by atoms with Crippen LogP contribution >= 0.6 is 0 Å². The van der Waals surface area contributed by atoms with E-state index in [9.17, 15) is 9.90 Å². The van der Waals surface area contributed by atoms with Crippen LogP contribution < -0.4 is 4.90 Å². The van der Waals surface area contributed by atoms with Crippen LogP contribution in [0, 0.1) is 0 Å². The zero-order valence-corrected chi connectivity index (χ0v) is 12.0. The van der Waals surface area contributed by atoms with Gasteiger partial charge in [-0.2, -0.15) is 0 Å². The molecule has 0 spiro atoms. The molecular weight excluding hydrogens is 252 g/mol. The number of hydrogen-bond donors (Lipinski definition) is 1. The average molecular weight is 274 g/mol. The Labute approximate surface area is 120 Å². The normalized spacial score (nSPS) is 23.9. The molecule has 0 aliphatic carbocycles. The van der Waals surface area contributed by atoms with E-state index in [0.29, 0.717) is 18.4 Å². The van der Waals surface area contributed by atoms with Crippen molar-refractivity contribution in [1.82, 2.24) is 4.90 Å². The van der Waals surface area contributed by atoms with Crippen LogP contribution in [-0.4, -0.2) is 41.6 Å². The number of anilines is 1. The molecule has 2 atom stereocenters. The van der Waals surface area contributed by atoms with E-state index in [1.807, 2.05) is 24.0 Å². The molecule has 4 nitrogen and oxygen atoms in total. The van der Waals surface area contributed by atoms with E-state index >= 15 is 0 Å². The summed E-state index contributed by atoms with van der Waals surface area (Å²) in [6, 6.07) is 8.57. The molecule has 2 heterocycles. The Morgan fingerprint density at radius 1 is 1.30 bits per heavy atom. The van der Waals surface area contributed by atoms with E-state index < -0.39 is 0 Å². The summed E-state index contributed by atoms with van der Waals surface area (Å²) in [5, 5.41) is 9.83. The SMILES string of the molecule is CC[C@H](O)c1ccc(N2CCN3C(=O)CCC3C2)cc1. The Hall–Kier alpha value is -1.55. The van der Waals surface area contributed by atoms with Crippen LogP contribution in [0.5, 0.6) is 0 Å². The molecule has 1 N–H and O–H groups in total. The van der Waals surface area contributed by atoms with E-state index in [-0.39, 0.29) is 6.10 Å². The molecule has 1 aromatic carbocycles.